The minimum atomic E-state index is -0.120. The number of fused-ring (bicyclic) bond motifs is 1. The van der Waals surface area contributed by atoms with Crippen LogP contribution < -0.4 is 4.90 Å². The first-order valence-corrected chi connectivity index (χ1v) is 8.79. The van der Waals surface area contributed by atoms with E-state index in [1.165, 1.54) is 0 Å². The maximum Gasteiger partial charge on any atom is 0.251 e. The molecule has 24 heavy (non-hydrogen) atoms. The lowest BCUT2D eigenvalue weighted by molar-refractivity contribution is -0.207. The zero-order valence-electron chi connectivity index (χ0n) is 14.1. The van der Waals surface area contributed by atoms with Gasteiger partial charge in [-0.15, -0.1) is 5.10 Å². The summed E-state index contributed by atoms with van der Waals surface area (Å²) < 4.78 is 5.75. The molecule has 7 heteroatoms. The van der Waals surface area contributed by atoms with E-state index in [9.17, 15) is 4.79 Å². The number of hydrogen-bond donors (Lipinski definition) is 0. The van der Waals surface area contributed by atoms with Crippen molar-refractivity contribution in [3.63, 3.8) is 0 Å². The average molecular weight is 332 g/mol. The lowest BCUT2D eigenvalue weighted by Gasteiger charge is -2.36. The highest BCUT2D eigenvalue weighted by Gasteiger charge is 2.46. The van der Waals surface area contributed by atoms with E-state index in [1.54, 1.807) is 5.06 Å². The molecule has 3 aliphatic heterocycles. The molecule has 7 nitrogen and oxygen atoms in total. The van der Waals surface area contributed by atoms with E-state index in [4.69, 9.17) is 9.57 Å². The summed E-state index contributed by atoms with van der Waals surface area (Å²) in [6.07, 6.45) is 2.04. The maximum absolute atomic E-state index is 12.9. The van der Waals surface area contributed by atoms with E-state index in [2.05, 4.69) is 15.1 Å². The molecule has 0 unspecified atom stereocenters. The van der Waals surface area contributed by atoms with Crippen LogP contribution in [0.15, 0.2) is 12.1 Å². The van der Waals surface area contributed by atoms with Gasteiger partial charge in [-0.25, -0.2) is 5.06 Å². The van der Waals surface area contributed by atoms with Crippen LogP contribution in [0.3, 0.4) is 0 Å². The number of carbonyl (C=O) groups is 1. The lowest BCUT2D eigenvalue weighted by atomic mass is 9.82. The molecule has 0 saturated carbocycles. The maximum atomic E-state index is 12.9. The Morgan fingerprint density at radius 2 is 2.12 bits per heavy atom. The van der Waals surface area contributed by atoms with E-state index >= 15 is 0 Å². The molecule has 0 bridgehead atoms. The van der Waals surface area contributed by atoms with Crippen molar-refractivity contribution in [3.05, 3.63) is 17.8 Å². The van der Waals surface area contributed by atoms with Gasteiger partial charge in [0.05, 0.1) is 31.4 Å². The summed E-state index contributed by atoms with van der Waals surface area (Å²) in [7, 11) is 0. The van der Waals surface area contributed by atoms with E-state index in [1.807, 2.05) is 19.1 Å². The van der Waals surface area contributed by atoms with Crippen molar-refractivity contribution in [3.8, 4) is 0 Å². The molecule has 1 aromatic heterocycles. The molecule has 0 N–H and O–H groups in total. The molecule has 0 aliphatic carbocycles. The molecule has 130 valence electrons. The van der Waals surface area contributed by atoms with Crippen molar-refractivity contribution in [2.24, 2.45) is 17.8 Å². The van der Waals surface area contributed by atoms with Gasteiger partial charge in [-0.3, -0.25) is 9.63 Å². The second-order valence-electron chi connectivity index (χ2n) is 6.99. The van der Waals surface area contributed by atoms with Crippen LogP contribution >= 0.6 is 0 Å². The number of carbonyl (C=O) groups excluding carboxylic acids is 1. The molecule has 3 saturated heterocycles. The summed E-state index contributed by atoms with van der Waals surface area (Å²) in [6.45, 7) is 6.17. The second-order valence-corrected chi connectivity index (χ2v) is 6.99. The van der Waals surface area contributed by atoms with Crippen LogP contribution in [0.1, 0.15) is 18.5 Å². The Morgan fingerprint density at radius 1 is 1.21 bits per heavy atom. The number of amides is 1. The number of ether oxygens (including phenoxy) is 1. The molecular formula is C17H24N4O3. The first-order valence-electron chi connectivity index (χ1n) is 8.79. The SMILES string of the molecule is Cc1ccc(N2C[C@@H]3COC[C@@H](C(=O)N4CCCCO4)[C@@H]3C2)nn1. The Bertz CT molecular complexity index is 588. The molecule has 1 aromatic rings. The first-order chi connectivity index (χ1) is 11.7. The van der Waals surface area contributed by atoms with Crippen molar-refractivity contribution in [1.82, 2.24) is 15.3 Å². The normalized spacial score (nSPS) is 30.3. The van der Waals surface area contributed by atoms with Gasteiger partial charge in [0.25, 0.3) is 5.91 Å². The summed E-state index contributed by atoms with van der Waals surface area (Å²) in [5.74, 6) is 1.50. The molecule has 3 aliphatic rings. The summed E-state index contributed by atoms with van der Waals surface area (Å²) in [4.78, 5) is 20.6. The Balaban J connectivity index is 1.48. The van der Waals surface area contributed by atoms with Gasteiger partial charge in [0.15, 0.2) is 5.82 Å². The molecule has 0 aromatic carbocycles. The second kappa shape index (κ2) is 6.64. The molecule has 0 radical (unpaired) electrons. The Hall–Kier alpha value is -1.73. The van der Waals surface area contributed by atoms with Crippen LogP contribution in [-0.2, 0) is 14.4 Å². The van der Waals surface area contributed by atoms with Gasteiger partial charge in [0.2, 0.25) is 0 Å². The van der Waals surface area contributed by atoms with Crippen LogP contribution in [0.4, 0.5) is 5.82 Å². The number of hydrogen-bond acceptors (Lipinski definition) is 6. The fourth-order valence-electron chi connectivity index (χ4n) is 3.96. The minimum Gasteiger partial charge on any atom is -0.380 e. The van der Waals surface area contributed by atoms with Crippen molar-refractivity contribution >= 4 is 11.7 Å². The van der Waals surface area contributed by atoms with Gasteiger partial charge in [0, 0.05) is 25.6 Å². The third-order valence-electron chi connectivity index (χ3n) is 5.31. The Kier molecular flexibility index (Phi) is 4.37. The third-order valence-corrected chi connectivity index (χ3v) is 5.31. The smallest absolute Gasteiger partial charge is 0.251 e. The quantitative estimate of drug-likeness (QED) is 0.806. The molecular weight excluding hydrogens is 308 g/mol. The zero-order valence-corrected chi connectivity index (χ0v) is 14.1. The molecule has 3 atom stereocenters. The monoisotopic (exact) mass is 332 g/mol. The number of nitrogens with zero attached hydrogens (tertiary/aromatic N) is 4. The highest BCUT2D eigenvalue weighted by atomic mass is 16.7. The topological polar surface area (TPSA) is 67.8 Å². The van der Waals surface area contributed by atoms with Gasteiger partial charge < -0.3 is 9.64 Å². The summed E-state index contributed by atoms with van der Waals surface area (Å²) in [5, 5.41) is 10.0. The van der Waals surface area contributed by atoms with Gasteiger partial charge >= 0.3 is 0 Å². The zero-order chi connectivity index (χ0) is 16.5. The van der Waals surface area contributed by atoms with E-state index in [-0.39, 0.29) is 11.8 Å². The molecule has 4 heterocycles. The highest BCUT2D eigenvalue weighted by molar-refractivity contribution is 5.78. The van der Waals surface area contributed by atoms with Gasteiger partial charge in [-0.2, -0.15) is 5.10 Å². The summed E-state index contributed by atoms with van der Waals surface area (Å²) >= 11 is 0. The predicted molar refractivity (Wildman–Crippen MR) is 87.2 cm³/mol. The minimum absolute atomic E-state index is 0.0845. The first kappa shape index (κ1) is 15.8. The van der Waals surface area contributed by atoms with Gasteiger partial charge in [0.1, 0.15) is 0 Å². The van der Waals surface area contributed by atoms with Crippen LogP contribution in [0, 0.1) is 24.7 Å². The molecule has 1 amide bonds. The molecule has 3 fully saturated rings. The largest absolute Gasteiger partial charge is 0.380 e. The predicted octanol–water partition coefficient (Wildman–Crippen LogP) is 1.04. The van der Waals surface area contributed by atoms with Crippen molar-refractivity contribution in [2.45, 2.75) is 19.8 Å². The number of aryl methyl sites for hydroxylation is 1. The fraction of sp³-hybridized carbons (Fsp3) is 0.706. The van der Waals surface area contributed by atoms with Gasteiger partial charge in [-0.05, 0) is 37.8 Å². The number of hydroxylamine groups is 2. The fourth-order valence-corrected chi connectivity index (χ4v) is 3.96. The van der Waals surface area contributed by atoms with Gasteiger partial charge in [-0.1, -0.05) is 0 Å². The van der Waals surface area contributed by atoms with Crippen LogP contribution in [0.5, 0.6) is 0 Å². The summed E-state index contributed by atoms with van der Waals surface area (Å²) in [6, 6.07) is 3.98. The molecule has 4 rings (SSSR count). The lowest BCUT2D eigenvalue weighted by Crippen LogP contribution is -2.47. The van der Waals surface area contributed by atoms with Crippen molar-refractivity contribution in [2.75, 3.05) is 44.4 Å². The highest BCUT2D eigenvalue weighted by Crippen LogP contribution is 2.36. The number of aromatic nitrogens is 2. The summed E-state index contributed by atoms with van der Waals surface area (Å²) in [5.41, 5.74) is 0.911. The van der Waals surface area contributed by atoms with Crippen LogP contribution in [0.25, 0.3) is 0 Å². The van der Waals surface area contributed by atoms with Crippen LogP contribution in [0.2, 0.25) is 0 Å². The van der Waals surface area contributed by atoms with E-state index in [0.717, 1.165) is 37.4 Å². The van der Waals surface area contributed by atoms with E-state index in [0.29, 0.717) is 38.2 Å². The number of anilines is 1. The Morgan fingerprint density at radius 3 is 2.88 bits per heavy atom. The van der Waals surface area contributed by atoms with E-state index < -0.39 is 0 Å². The van der Waals surface area contributed by atoms with Crippen molar-refractivity contribution in [1.29, 1.82) is 0 Å². The average Bonchev–Trinajstić information content (AvgIpc) is 3.06. The standard InChI is InChI=1S/C17H24N4O3/c1-12-4-5-16(19-18-12)20-8-13-10-23-11-15(14(13)9-20)17(22)21-6-2-3-7-24-21/h4-5,13-15H,2-3,6-11H2,1H3/t13-,14-,15-/m1/s1. The Labute approximate surface area is 141 Å². The van der Waals surface area contributed by atoms with Crippen LogP contribution in [-0.4, -0.2) is 60.6 Å². The third kappa shape index (κ3) is 2.98. The van der Waals surface area contributed by atoms with Crippen molar-refractivity contribution < 1.29 is 14.4 Å². The molecule has 0 spiro atoms. The number of rotatable bonds is 2.